The Morgan fingerprint density at radius 2 is 2.23 bits per heavy atom. The number of hydrogen-bond acceptors (Lipinski definition) is 3. The first-order valence-corrected chi connectivity index (χ1v) is 4.72. The zero-order valence-electron chi connectivity index (χ0n) is 8.38. The predicted molar refractivity (Wildman–Crippen MR) is 50.5 cm³/mol. The monoisotopic (exact) mass is 186 g/mol. The van der Waals surface area contributed by atoms with E-state index in [9.17, 15) is 4.79 Å². The van der Waals surface area contributed by atoms with Crippen molar-refractivity contribution in [2.75, 3.05) is 33.8 Å². The van der Waals surface area contributed by atoms with Crippen LogP contribution in [-0.4, -0.2) is 50.7 Å². The molecule has 0 aromatic heterocycles. The summed E-state index contributed by atoms with van der Waals surface area (Å²) in [7, 11) is 3.55. The number of hydrogen-bond donors (Lipinski definition) is 1. The van der Waals surface area contributed by atoms with Gasteiger partial charge in [0, 0.05) is 40.2 Å². The lowest BCUT2D eigenvalue weighted by molar-refractivity contribution is -0.129. The first-order chi connectivity index (χ1) is 6.20. The van der Waals surface area contributed by atoms with Gasteiger partial charge in [-0.1, -0.05) is 0 Å². The maximum Gasteiger partial charge on any atom is 0.222 e. The van der Waals surface area contributed by atoms with Crippen LogP contribution in [0.3, 0.4) is 0 Å². The van der Waals surface area contributed by atoms with Crippen LogP contribution in [0, 0.1) is 0 Å². The van der Waals surface area contributed by atoms with Crippen LogP contribution in [-0.2, 0) is 9.53 Å². The fraction of sp³-hybridized carbons (Fsp3) is 0.889. The molecule has 13 heavy (non-hydrogen) atoms. The summed E-state index contributed by atoms with van der Waals surface area (Å²) < 4.78 is 5.47. The van der Waals surface area contributed by atoms with Crippen molar-refractivity contribution in [2.45, 2.75) is 18.9 Å². The fourth-order valence-corrected chi connectivity index (χ4v) is 1.08. The van der Waals surface area contributed by atoms with Gasteiger partial charge in [0.05, 0.1) is 6.10 Å². The average molecular weight is 186 g/mol. The molecule has 4 nitrogen and oxygen atoms in total. The van der Waals surface area contributed by atoms with Gasteiger partial charge < -0.3 is 15.0 Å². The van der Waals surface area contributed by atoms with E-state index in [1.54, 1.807) is 19.0 Å². The largest absolute Gasteiger partial charge is 0.376 e. The third-order valence-electron chi connectivity index (χ3n) is 2.13. The molecular weight excluding hydrogens is 168 g/mol. The summed E-state index contributed by atoms with van der Waals surface area (Å²) in [5, 5.41) is 3.13. The molecule has 0 aliphatic carbocycles. The quantitative estimate of drug-likeness (QED) is 0.607. The highest BCUT2D eigenvalue weighted by atomic mass is 16.5. The Hall–Kier alpha value is -0.610. The number of carbonyl (C=O) groups excluding carboxylic acids is 1. The van der Waals surface area contributed by atoms with E-state index in [1.807, 2.05) is 0 Å². The molecule has 0 unspecified atom stereocenters. The normalized spacial score (nSPS) is 16.8. The van der Waals surface area contributed by atoms with Gasteiger partial charge in [0.2, 0.25) is 5.91 Å². The Labute approximate surface area is 79.2 Å². The van der Waals surface area contributed by atoms with Gasteiger partial charge in [0.15, 0.2) is 0 Å². The van der Waals surface area contributed by atoms with Crippen molar-refractivity contribution in [3.8, 4) is 0 Å². The number of rotatable bonds is 5. The average Bonchev–Trinajstić information content (AvgIpc) is 2.00. The van der Waals surface area contributed by atoms with E-state index in [1.165, 1.54) is 0 Å². The van der Waals surface area contributed by atoms with Crippen LogP contribution in [0.4, 0.5) is 0 Å². The van der Waals surface area contributed by atoms with Crippen LogP contribution in [0.5, 0.6) is 0 Å². The van der Waals surface area contributed by atoms with Gasteiger partial charge >= 0.3 is 0 Å². The zero-order chi connectivity index (χ0) is 9.68. The molecule has 0 spiro atoms. The lowest BCUT2D eigenvalue weighted by Gasteiger charge is -2.27. The Kier molecular flexibility index (Phi) is 4.18. The standard InChI is InChI=1S/C9H18N2O2/c1-11(2)9(12)4-3-5-13-8-6-10-7-8/h8,10H,3-7H2,1-2H3. The summed E-state index contributed by atoms with van der Waals surface area (Å²) in [6.45, 7) is 2.62. The van der Waals surface area contributed by atoms with E-state index in [4.69, 9.17) is 4.74 Å². The lowest BCUT2D eigenvalue weighted by Crippen LogP contribution is -2.48. The van der Waals surface area contributed by atoms with Crippen molar-refractivity contribution in [3.63, 3.8) is 0 Å². The van der Waals surface area contributed by atoms with Gasteiger partial charge in [-0.15, -0.1) is 0 Å². The molecule has 76 valence electrons. The van der Waals surface area contributed by atoms with Crippen molar-refractivity contribution in [1.82, 2.24) is 10.2 Å². The van der Waals surface area contributed by atoms with Gasteiger partial charge in [0.25, 0.3) is 0 Å². The van der Waals surface area contributed by atoms with Crippen molar-refractivity contribution >= 4 is 5.91 Å². The summed E-state index contributed by atoms with van der Waals surface area (Å²) in [5.74, 6) is 0.176. The Balaban J connectivity index is 1.91. The summed E-state index contributed by atoms with van der Waals surface area (Å²) in [6, 6.07) is 0. The highest BCUT2D eigenvalue weighted by Crippen LogP contribution is 2.01. The van der Waals surface area contributed by atoms with Crippen molar-refractivity contribution < 1.29 is 9.53 Å². The van der Waals surface area contributed by atoms with E-state index in [-0.39, 0.29) is 5.91 Å². The smallest absolute Gasteiger partial charge is 0.222 e. The second kappa shape index (κ2) is 5.19. The summed E-state index contributed by atoms with van der Waals surface area (Å²) in [5.41, 5.74) is 0. The minimum absolute atomic E-state index is 0.176. The minimum Gasteiger partial charge on any atom is -0.376 e. The molecule has 1 N–H and O–H groups in total. The van der Waals surface area contributed by atoms with Gasteiger partial charge in [-0.3, -0.25) is 4.79 Å². The minimum atomic E-state index is 0.176. The molecule has 1 fully saturated rings. The molecule has 0 aromatic rings. The molecule has 1 amide bonds. The lowest BCUT2D eigenvalue weighted by atomic mass is 10.2. The van der Waals surface area contributed by atoms with Gasteiger partial charge in [0.1, 0.15) is 0 Å². The van der Waals surface area contributed by atoms with E-state index >= 15 is 0 Å². The van der Waals surface area contributed by atoms with Crippen LogP contribution < -0.4 is 5.32 Å². The topological polar surface area (TPSA) is 41.6 Å². The second-order valence-electron chi connectivity index (χ2n) is 3.54. The van der Waals surface area contributed by atoms with E-state index in [0.29, 0.717) is 19.1 Å². The molecule has 1 rings (SSSR count). The molecule has 0 saturated carbocycles. The number of ether oxygens (including phenoxy) is 1. The molecule has 0 bridgehead atoms. The van der Waals surface area contributed by atoms with E-state index in [2.05, 4.69) is 5.32 Å². The Bertz CT molecular complexity index is 167. The summed E-state index contributed by atoms with van der Waals surface area (Å²) in [6.07, 6.45) is 1.80. The van der Waals surface area contributed by atoms with E-state index < -0.39 is 0 Å². The van der Waals surface area contributed by atoms with Crippen LogP contribution in [0.2, 0.25) is 0 Å². The molecule has 1 saturated heterocycles. The number of nitrogens with one attached hydrogen (secondary N) is 1. The number of amides is 1. The fourth-order valence-electron chi connectivity index (χ4n) is 1.08. The molecule has 0 atom stereocenters. The first kappa shape index (κ1) is 10.5. The first-order valence-electron chi connectivity index (χ1n) is 4.72. The van der Waals surface area contributed by atoms with Crippen LogP contribution in [0.25, 0.3) is 0 Å². The zero-order valence-corrected chi connectivity index (χ0v) is 8.38. The van der Waals surface area contributed by atoms with Crippen molar-refractivity contribution in [3.05, 3.63) is 0 Å². The highest BCUT2D eigenvalue weighted by molar-refractivity contribution is 5.75. The molecule has 1 aliphatic heterocycles. The Morgan fingerprint density at radius 3 is 2.69 bits per heavy atom. The summed E-state index contributed by atoms with van der Waals surface area (Å²) in [4.78, 5) is 12.7. The maximum atomic E-state index is 11.1. The summed E-state index contributed by atoms with van der Waals surface area (Å²) >= 11 is 0. The number of carbonyl (C=O) groups is 1. The van der Waals surface area contributed by atoms with Gasteiger partial charge in [-0.2, -0.15) is 0 Å². The Morgan fingerprint density at radius 1 is 1.54 bits per heavy atom. The van der Waals surface area contributed by atoms with Crippen LogP contribution in [0.15, 0.2) is 0 Å². The third-order valence-corrected chi connectivity index (χ3v) is 2.13. The van der Waals surface area contributed by atoms with Crippen molar-refractivity contribution in [1.29, 1.82) is 0 Å². The number of nitrogens with zero attached hydrogens (tertiary/aromatic N) is 1. The molecule has 1 heterocycles. The van der Waals surface area contributed by atoms with Crippen molar-refractivity contribution in [2.24, 2.45) is 0 Å². The molecular formula is C9H18N2O2. The SMILES string of the molecule is CN(C)C(=O)CCCOC1CNC1. The van der Waals surface area contributed by atoms with Crippen LogP contribution >= 0.6 is 0 Å². The molecule has 1 aliphatic rings. The predicted octanol–water partition coefficient (Wildman–Crippen LogP) is -0.157. The van der Waals surface area contributed by atoms with Crippen LogP contribution in [0.1, 0.15) is 12.8 Å². The highest BCUT2D eigenvalue weighted by Gasteiger charge is 2.16. The van der Waals surface area contributed by atoms with E-state index in [0.717, 1.165) is 19.5 Å². The molecule has 0 radical (unpaired) electrons. The second-order valence-corrected chi connectivity index (χ2v) is 3.54. The third kappa shape index (κ3) is 3.74. The van der Waals surface area contributed by atoms with Gasteiger partial charge in [-0.05, 0) is 6.42 Å². The molecule has 0 aromatic carbocycles. The molecule has 4 heteroatoms. The van der Waals surface area contributed by atoms with Gasteiger partial charge in [-0.25, -0.2) is 0 Å². The maximum absolute atomic E-state index is 11.1.